The Kier molecular flexibility index (Phi) is 6.72. The van der Waals surface area contributed by atoms with Crippen LogP contribution in [0.3, 0.4) is 0 Å². The first kappa shape index (κ1) is 17.2. The monoisotopic (exact) mass is 343 g/mol. The maximum Gasteiger partial charge on any atom is 0.269 e. The Morgan fingerprint density at radius 3 is 2.45 bits per heavy atom. The molecule has 114 valence electrons. The number of nitrogens with zero attached hydrogens (tertiary/aromatic N) is 2. The first-order valence-corrected chi connectivity index (χ1v) is 8.58. The Morgan fingerprint density at radius 2 is 2.00 bits per heavy atom. The number of aromatic nitrogens is 2. The van der Waals surface area contributed by atoms with Gasteiger partial charge in [-0.2, -0.15) is 5.10 Å². The summed E-state index contributed by atoms with van der Waals surface area (Å²) in [7, 11) is 0. The Morgan fingerprint density at radius 1 is 1.35 bits per heavy atom. The van der Waals surface area contributed by atoms with Crippen LogP contribution in [0.15, 0.2) is 6.07 Å². The zero-order chi connectivity index (χ0) is 15.2. The molecule has 0 aliphatic rings. The molecule has 0 bridgehead atoms. The largest absolute Gasteiger partial charge is 0.350 e. The maximum absolute atomic E-state index is 12.4. The minimum atomic E-state index is -0.0220. The average molecular weight is 344 g/mol. The van der Waals surface area contributed by atoms with Gasteiger partial charge in [0.25, 0.3) is 5.91 Å². The summed E-state index contributed by atoms with van der Waals surface area (Å²) < 4.78 is 1.78. The number of hydrogen-bond donors (Lipinski definition) is 1. The van der Waals surface area contributed by atoms with Gasteiger partial charge in [0.05, 0.1) is 5.69 Å². The van der Waals surface area contributed by atoms with Gasteiger partial charge in [0, 0.05) is 18.4 Å². The van der Waals surface area contributed by atoms with Crippen LogP contribution in [0.25, 0.3) is 0 Å². The number of aryl methyl sites for hydroxylation is 2. The molecule has 0 unspecified atom stereocenters. The molecule has 1 heterocycles. The summed E-state index contributed by atoms with van der Waals surface area (Å²) in [5.41, 5.74) is 1.77. The molecule has 1 N–H and O–H groups in total. The molecule has 20 heavy (non-hydrogen) atoms. The van der Waals surface area contributed by atoms with Gasteiger partial charge in [-0.25, -0.2) is 0 Å². The normalized spacial score (nSPS) is 11.7. The van der Waals surface area contributed by atoms with E-state index in [0.717, 1.165) is 30.3 Å². The Bertz CT molecular complexity index is 430. The topological polar surface area (TPSA) is 46.9 Å². The second kappa shape index (κ2) is 7.81. The van der Waals surface area contributed by atoms with Gasteiger partial charge in [0.15, 0.2) is 0 Å². The summed E-state index contributed by atoms with van der Waals surface area (Å²) in [5.74, 6) is -0.0220. The smallest absolute Gasteiger partial charge is 0.269 e. The highest BCUT2D eigenvalue weighted by atomic mass is 79.9. The summed E-state index contributed by atoms with van der Waals surface area (Å²) in [6.45, 7) is 9.80. The predicted octanol–water partition coefficient (Wildman–Crippen LogP) is 3.40. The zero-order valence-electron chi connectivity index (χ0n) is 13.0. The third-order valence-corrected chi connectivity index (χ3v) is 5.32. The van der Waals surface area contributed by atoms with Crippen molar-refractivity contribution < 1.29 is 4.79 Å². The average Bonchev–Trinajstić information content (AvgIpc) is 2.92. The summed E-state index contributed by atoms with van der Waals surface area (Å²) in [6.07, 6.45) is 2.94. The van der Waals surface area contributed by atoms with Crippen molar-refractivity contribution in [2.75, 3.05) is 11.9 Å². The summed E-state index contributed by atoms with van der Waals surface area (Å²) >= 11 is 3.57. The number of hydrogen-bond acceptors (Lipinski definition) is 2. The van der Waals surface area contributed by atoms with E-state index in [1.807, 2.05) is 19.9 Å². The molecule has 0 saturated heterocycles. The van der Waals surface area contributed by atoms with Gasteiger partial charge in [-0.15, -0.1) is 0 Å². The quantitative estimate of drug-likeness (QED) is 0.735. The molecule has 0 fully saturated rings. The molecule has 1 aromatic heterocycles. The fourth-order valence-corrected chi connectivity index (χ4v) is 3.15. The first-order chi connectivity index (χ1) is 9.55. The molecule has 0 aromatic carbocycles. The van der Waals surface area contributed by atoms with E-state index in [4.69, 9.17) is 0 Å². The van der Waals surface area contributed by atoms with Crippen LogP contribution in [0, 0.1) is 5.41 Å². The molecular formula is C15H26BrN3O. The number of carbonyl (C=O) groups is 1. The molecule has 5 heteroatoms. The highest BCUT2D eigenvalue weighted by molar-refractivity contribution is 9.09. The molecule has 0 radical (unpaired) electrons. The van der Waals surface area contributed by atoms with Crippen LogP contribution in [0.2, 0.25) is 0 Å². The lowest BCUT2D eigenvalue weighted by molar-refractivity contribution is 0.0921. The SMILES string of the molecule is CCc1cc(C(=O)NCC(CC)(CC)CBr)n(CC)n1. The predicted molar refractivity (Wildman–Crippen MR) is 86.4 cm³/mol. The lowest BCUT2D eigenvalue weighted by Gasteiger charge is -2.29. The second-order valence-corrected chi connectivity index (χ2v) is 5.77. The van der Waals surface area contributed by atoms with Crippen molar-refractivity contribution in [3.05, 3.63) is 17.5 Å². The molecule has 4 nitrogen and oxygen atoms in total. The molecule has 0 aliphatic heterocycles. The molecule has 0 saturated carbocycles. The zero-order valence-corrected chi connectivity index (χ0v) is 14.6. The summed E-state index contributed by atoms with van der Waals surface area (Å²) in [6, 6.07) is 1.90. The van der Waals surface area contributed by atoms with E-state index in [-0.39, 0.29) is 11.3 Å². The third-order valence-electron chi connectivity index (χ3n) is 4.13. The standard InChI is InChI=1S/C15H26BrN3O/c1-5-12-9-13(19(8-4)18-12)14(20)17-11-15(6-2,7-3)10-16/h9H,5-8,10-11H2,1-4H3,(H,17,20). The van der Waals surface area contributed by atoms with Crippen LogP contribution >= 0.6 is 15.9 Å². The Labute approximate surface area is 130 Å². The van der Waals surface area contributed by atoms with E-state index in [0.29, 0.717) is 18.8 Å². The molecule has 0 aliphatic carbocycles. The molecular weight excluding hydrogens is 318 g/mol. The van der Waals surface area contributed by atoms with E-state index in [1.54, 1.807) is 4.68 Å². The van der Waals surface area contributed by atoms with Gasteiger partial charge in [0.1, 0.15) is 5.69 Å². The van der Waals surface area contributed by atoms with Crippen LogP contribution in [-0.4, -0.2) is 27.6 Å². The van der Waals surface area contributed by atoms with Crippen LogP contribution in [-0.2, 0) is 13.0 Å². The number of nitrogens with one attached hydrogen (secondary N) is 1. The van der Waals surface area contributed by atoms with Gasteiger partial charge in [0.2, 0.25) is 0 Å². The fraction of sp³-hybridized carbons (Fsp3) is 0.733. The van der Waals surface area contributed by atoms with E-state index in [2.05, 4.69) is 40.2 Å². The highest BCUT2D eigenvalue weighted by Crippen LogP contribution is 2.27. The third kappa shape index (κ3) is 3.84. The van der Waals surface area contributed by atoms with Crippen molar-refractivity contribution in [3.8, 4) is 0 Å². The summed E-state index contributed by atoms with van der Waals surface area (Å²) in [5, 5.41) is 8.40. The Balaban J connectivity index is 2.78. The van der Waals surface area contributed by atoms with Crippen molar-refractivity contribution in [2.24, 2.45) is 5.41 Å². The van der Waals surface area contributed by atoms with Gasteiger partial charge in [-0.1, -0.05) is 36.7 Å². The number of amides is 1. The molecule has 1 rings (SSSR count). The van der Waals surface area contributed by atoms with Crippen LogP contribution in [0.5, 0.6) is 0 Å². The van der Waals surface area contributed by atoms with Crippen LogP contribution in [0.4, 0.5) is 0 Å². The van der Waals surface area contributed by atoms with Crippen molar-refractivity contribution >= 4 is 21.8 Å². The van der Waals surface area contributed by atoms with Crippen molar-refractivity contribution in [1.82, 2.24) is 15.1 Å². The van der Waals surface area contributed by atoms with E-state index in [9.17, 15) is 4.79 Å². The van der Waals surface area contributed by atoms with Gasteiger partial charge < -0.3 is 5.32 Å². The molecule has 0 atom stereocenters. The molecule has 0 spiro atoms. The minimum Gasteiger partial charge on any atom is -0.350 e. The van der Waals surface area contributed by atoms with Crippen LogP contribution < -0.4 is 5.32 Å². The summed E-state index contributed by atoms with van der Waals surface area (Å²) in [4.78, 5) is 12.4. The Hall–Kier alpha value is -0.840. The fourth-order valence-electron chi connectivity index (χ4n) is 2.16. The molecule has 1 aromatic rings. The van der Waals surface area contributed by atoms with Crippen molar-refractivity contribution in [1.29, 1.82) is 0 Å². The van der Waals surface area contributed by atoms with Gasteiger partial charge in [-0.05, 0) is 37.7 Å². The van der Waals surface area contributed by atoms with E-state index in [1.165, 1.54) is 0 Å². The van der Waals surface area contributed by atoms with E-state index >= 15 is 0 Å². The highest BCUT2D eigenvalue weighted by Gasteiger charge is 2.26. The van der Waals surface area contributed by atoms with Gasteiger partial charge >= 0.3 is 0 Å². The minimum absolute atomic E-state index is 0.0220. The van der Waals surface area contributed by atoms with E-state index < -0.39 is 0 Å². The lowest BCUT2D eigenvalue weighted by atomic mass is 9.84. The maximum atomic E-state index is 12.4. The molecule has 1 amide bonds. The van der Waals surface area contributed by atoms with Crippen molar-refractivity contribution in [2.45, 2.75) is 53.5 Å². The number of rotatable bonds is 8. The second-order valence-electron chi connectivity index (χ2n) is 5.21. The number of halogens is 1. The van der Waals surface area contributed by atoms with Gasteiger partial charge in [-0.3, -0.25) is 9.48 Å². The first-order valence-electron chi connectivity index (χ1n) is 7.46. The van der Waals surface area contributed by atoms with Crippen molar-refractivity contribution in [3.63, 3.8) is 0 Å². The number of carbonyl (C=O) groups excluding carboxylic acids is 1. The lowest BCUT2D eigenvalue weighted by Crippen LogP contribution is -2.38. The number of alkyl halides is 1. The van der Waals surface area contributed by atoms with Crippen LogP contribution in [0.1, 0.15) is 56.7 Å².